The fourth-order valence-electron chi connectivity index (χ4n) is 1.44. The quantitative estimate of drug-likeness (QED) is 0.569. The first-order valence-corrected chi connectivity index (χ1v) is 6.84. The molecule has 18 heavy (non-hydrogen) atoms. The lowest BCUT2D eigenvalue weighted by Gasteiger charge is -2.09. The van der Waals surface area contributed by atoms with Gasteiger partial charge in [-0.15, -0.1) is 0 Å². The van der Waals surface area contributed by atoms with Crippen LogP contribution in [0.2, 0.25) is 5.02 Å². The van der Waals surface area contributed by atoms with Crippen LogP contribution >= 0.6 is 23.8 Å². The third-order valence-electron chi connectivity index (χ3n) is 2.45. The maximum absolute atomic E-state index is 6.07. The van der Waals surface area contributed by atoms with Crippen LogP contribution in [0.5, 0.6) is 0 Å². The van der Waals surface area contributed by atoms with Crippen LogP contribution < -0.4 is 11.1 Å². The van der Waals surface area contributed by atoms with Crippen molar-refractivity contribution >= 4 is 34.5 Å². The first kappa shape index (κ1) is 15.2. The van der Waals surface area contributed by atoms with Crippen molar-refractivity contribution in [1.82, 2.24) is 0 Å². The predicted molar refractivity (Wildman–Crippen MR) is 81.6 cm³/mol. The van der Waals surface area contributed by atoms with Crippen molar-refractivity contribution < 1.29 is 4.74 Å². The van der Waals surface area contributed by atoms with Gasteiger partial charge in [0, 0.05) is 24.4 Å². The second-order valence-corrected chi connectivity index (χ2v) is 4.80. The molecule has 3 nitrogen and oxygen atoms in total. The van der Waals surface area contributed by atoms with Gasteiger partial charge in [0.05, 0.1) is 11.6 Å². The van der Waals surface area contributed by atoms with Gasteiger partial charge >= 0.3 is 0 Å². The predicted octanol–water partition coefficient (Wildman–Crippen LogP) is 3.20. The molecule has 1 aromatic rings. The Morgan fingerprint density at radius 3 is 2.83 bits per heavy atom. The van der Waals surface area contributed by atoms with Gasteiger partial charge in [-0.05, 0) is 24.6 Å². The fourth-order valence-corrected chi connectivity index (χ4v) is 1.96. The molecule has 0 atom stereocenters. The number of hydrogen-bond acceptors (Lipinski definition) is 3. The average Bonchev–Trinajstić information content (AvgIpc) is 2.33. The molecule has 3 N–H and O–H groups in total. The molecule has 0 radical (unpaired) electrons. The second kappa shape index (κ2) is 8.29. The van der Waals surface area contributed by atoms with Gasteiger partial charge in [0.1, 0.15) is 4.99 Å². The van der Waals surface area contributed by atoms with E-state index in [1.807, 2.05) is 18.2 Å². The van der Waals surface area contributed by atoms with Gasteiger partial charge < -0.3 is 15.8 Å². The van der Waals surface area contributed by atoms with Crippen LogP contribution in [0.25, 0.3) is 0 Å². The lowest BCUT2D eigenvalue weighted by Crippen LogP contribution is -2.12. The summed E-state index contributed by atoms with van der Waals surface area (Å²) >= 11 is 11.0. The van der Waals surface area contributed by atoms with Gasteiger partial charge in [-0.3, -0.25) is 0 Å². The summed E-state index contributed by atoms with van der Waals surface area (Å²) in [6.07, 6.45) is 2.26. The second-order valence-electron chi connectivity index (χ2n) is 3.95. The van der Waals surface area contributed by atoms with Gasteiger partial charge in [0.25, 0.3) is 0 Å². The maximum atomic E-state index is 6.07. The molecule has 0 amide bonds. The number of anilines is 1. The zero-order chi connectivity index (χ0) is 13.4. The molecule has 1 rings (SSSR count). The first-order valence-electron chi connectivity index (χ1n) is 6.06. The molecular weight excluding hydrogens is 268 g/mol. The Bertz CT molecular complexity index is 399. The Labute approximate surface area is 119 Å². The van der Waals surface area contributed by atoms with Crippen molar-refractivity contribution in [2.45, 2.75) is 19.8 Å². The molecule has 0 aliphatic heterocycles. The lowest BCUT2D eigenvalue weighted by molar-refractivity contribution is 0.141. The summed E-state index contributed by atoms with van der Waals surface area (Å²) in [6.45, 7) is 4.41. The molecule has 0 saturated carbocycles. The molecule has 0 aromatic heterocycles. The zero-order valence-electron chi connectivity index (χ0n) is 10.5. The molecule has 0 aliphatic rings. The highest BCUT2D eigenvalue weighted by molar-refractivity contribution is 7.80. The van der Waals surface area contributed by atoms with Crippen LogP contribution in [0.15, 0.2) is 18.2 Å². The molecular formula is C13H19ClN2OS. The Balaban J connectivity index is 2.35. The van der Waals surface area contributed by atoms with E-state index in [2.05, 4.69) is 12.2 Å². The van der Waals surface area contributed by atoms with E-state index in [0.29, 0.717) is 22.2 Å². The summed E-state index contributed by atoms with van der Waals surface area (Å²) < 4.78 is 5.45. The molecule has 0 fully saturated rings. The molecule has 0 unspecified atom stereocenters. The van der Waals surface area contributed by atoms with Crippen LogP contribution in [0, 0.1) is 0 Å². The molecule has 0 bridgehead atoms. The molecule has 5 heteroatoms. The van der Waals surface area contributed by atoms with E-state index < -0.39 is 0 Å². The third kappa shape index (κ3) is 5.21. The Kier molecular flexibility index (Phi) is 7.01. The molecule has 0 aliphatic carbocycles. The average molecular weight is 287 g/mol. The summed E-state index contributed by atoms with van der Waals surface area (Å²) in [5.41, 5.74) is 7.19. The number of thiocarbonyl (C=S) groups is 1. The third-order valence-corrected chi connectivity index (χ3v) is 2.98. The minimum absolute atomic E-state index is 0.314. The van der Waals surface area contributed by atoms with Gasteiger partial charge in [-0.2, -0.15) is 0 Å². The molecule has 0 saturated heterocycles. The van der Waals surface area contributed by atoms with E-state index in [4.69, 9.17) is 34.3 Å². The van der Waals surface area contributed by atoms with Gasteiger partial charge in [0.2, 0.25) is 0 Å². The molecule has 1 aromatic carbocycles. The summed E-state index contributed by atoms with van der Waals surface area (Å²) in [5.74, 6) is 0. The number of halogens is 1. The monoisotopic (exact) mass is 286 g/mol. The number of unbranched alkanes of at least 4 members (excludes halogenated alkanes) is 1. The van der Waals surface area contributed by atoms with Crippen LogP contribution in [0.4, 0.5) is 5.69 Å². The van der Waals surface area contributed by atoms with Crippen LogP contribution in [-0.2, 0) is 4.74 Å². The van der Waals surface area contributed by atoms with E-state index in [1.54, 1.807) is 0 Å². The minimum atomic E-state index is 0.314. The number of hydrogen-bond donors (Lipinski definition) is 2. The molecule has 0 heterocycles. The van der Waals surface area contributed by atoms with E-state index >= 15 is 0 Å². The highest BCUT2D eigenvalue weighted by Gasteiger charge is 2.03. The Morgan fingerprint density at radius 1 is 1.44 bits per heavy atom. The van der Waals surface area contributed by atoms with Crippen molar-refractivity contribution in [2.24, 2.45) is 5.73 Å². The largest absolute Gasteiger partial charge is 0.389 e. The van der Waals surface area contributed by atoms with Crippen molar-refractivity contribution in [3.63, 3.8) is 0 Å². The first-order chi connectivity index (χ1) is 8.65. The normalized spacial score (nSPS) is 10.3. The van der Waals surface area contributed by atoms with Gasteiger partial charge in [-0.25, -0.2) is 0 Å². The Hall–Kier alpha value is -0.840. The Morgan fingerprint density at radius 2 is 2.22 bits per heavy atom. The van der Waals surface area contributed by atoms with Crippen molar-refractivity contribution in [3.05, 3.63) is 28.8 Å². The van der Waals surface area contributed by atoms with E-state index in [1.165, 1.54) is 0 Å². The number of rotatable bonds is 8. The number of benzene rings is 1. The minimum Gasteiger partial charge on any atom is -0.389 e. The number of nitrogens with one attached hydrogen (secondary N) is 1. The summed E-state index contributed by atoms with van der Waals surface area (Å²) in [7, 11) is 0. The standard InChI is InChI=1S/C13H19ClN2OS/c1-2-3-7-17-8-6-16-10-4-5-11(13(15)18)12(14)9-10/h4-5,9,16H,2-3,6-8H2,1H3,(H2,15,18). The highest BCUT2D eigenvalue weighted by atomic mass is 35.5. The van der Waals surface area contributed by atoms with Crippen LogP contribution in [-0.4, -0.2) is 24.7 Å². The van der Waals surface area contributed by atoms with Crippen molar-refractivity contribution in [1.29, 1.82) is 0 Å². The SMILES string of the molecule is CCCCOCCNc1ccc(C(N)=S)c(Cl)c1. The van der Waals surface area contributed by atoms with Crippen molar-refractivity contribution in [3.8, 4) is 0 Å². The van der Waals surface area contributed by atoms with Gasteiger partial charge in [-0.1, -0.05) is 37.2 Å². The molecule has 100 valence electrons. The fraction of sp³-hybridized carbons (Fsp3) is 0.462. The maximum Gasteiger partial charge on any atom is 0.105 e. The van der Waals surface area contributed by atoms with Crippen LogP contribution in [0.3, 0.4) is 0 Å². The van der Waals surface area contributed by atoms with Crippen molar-refractivity contribution in [2.75, 3.05) is 25.1 Å². The van der Waals surface area contributed by atoms with E-state index in [9.17, 15) is 0 Å². The lowest BCUT2D eigenvalue weighted by atomic mass is 10.2. The summed E-state index contributed by atoms with van der Waals surface area (Å²) in [4.78, 5) is 0.314. The topological polar surface area (TPSA) is 47.3 Å². The highest BCUT2D eigenvalue weighted by Crippen LogP contribution is 2.20. The number of ether oxygens (including phenoxy) is 1. The van der Waals surface area contributed by atoms with Crippen LogP contribution in [0.1, 0.15) is 25.3 Å². The molecule has 0 spiro atoms. The van der Waals surface area contributed by atoms with Gasteiger partial charge in [0.15, 0.2) is 0 Å². The van der Waals surface area contributed by atoms with E-state index in [-0.39, 0.29) is 0 Å². The van der Waals surface area contributed by atoms with E-state index in [0.717, 1.165) is 31.7 Å². The zero-order valence-corrected chi connectivity index (χ0v) is 12.1. The summed E-state index contributed by atoms with van der Waals surface area (Å²) in [5, 5.41) is 3.80. The number of nitrogens with two attached hydrogens (primary N) is 1. The smallest absolute Gasteiger partial charge is 0.105 e. The summed E-state index contributed by atoms with van der Waals surface area (Å²) in [6, 6.07) is 5.56.